The molecule has 0 fully saturated rings. The second-order valence-electron chi connectivity index (χ2n) is 4.85. The Balaban J connectivity index is 2.47. The summed E-state index contributed by atoms with van der Waals surface area (Å²) in [5.74, 6) is -1.04. The van der Waals surface area contributed by atoms with Crippen molar-refractivity contribution in [3.63, 3.8) is 0 Å². The number of hydrogen-bond donors (Lipinski definition) is 1. The summed E-state index contributed by atoms with van der Waals surface area (Å²) in [6, 6.07) is 4.76. The Hall–Kier alpha value is -1.93. The molecule has 0 radical (unpaired) electrons. The Kier molecular flexibility index (Phi) is 5.24. The Labute approximate surface area is 147 Å². The van der Waals surface area contributed by atoms with Gasteiger partial charge in [-0.25, -0.2) is 0 Å². The van der Waals surface area contributed by atoms with E-state index in [1.54, 1.807) is 0 Å². The average Bonchev–Trinajstić information content (AvgIpc) is 2.44. The van der Waals surface area contributed by atoms with Crippen molar-refractivity contribution in [2.75, 3.05) is 5.32 Å². The molecule has 2 aromatic carbocycles. The standard InChI is InChI=1S/C15H7Cl2F6NO/c16-10-2-1-3-11(17)12(10)13(25)24-9-5-7(14(18,19)20)4-8(6-9)15(21,22)23/h1-6H,(H,24,25). The van der Waals surface area contributed by atoms with Crippen LogP contribution in [0.25, 0.3) is 0 Å². The van der Waals surface area contributed by atoms with E-state index in [1.165, 1.54) is 18.2 Å². The molecule has 1 amide bonds. The summed E-state index contributed by atoms with van der Waals surface area (Å²) in [6.07, 6.45) is -10.1. The van der Waals surface area contributed by atoms with Crippen LogP contribution in [0.2, 0.25) is 10.0 Å². The van der Waals surface area contributed by atoms with Gasteiger partial charge in [-0.1, -0.05) is 29.3 Å². The summed E-state index contributed by atoms with van der Waals surface area (Å²) in [7, 11) is 0. The van der Waals surface area contributed by atoms with Crippen molar-refractivity contribution in [3.05, 3.63) is 63.1 Å². The van der Waals surface area contributed by atoms with E-state index in [4.69, 9.17) is 23.2 Å². The van der Waals surface area contributed by atoms with Crippen LogP contribution < -0.4 is 5.32 Å². The zero-order chi connectivity index (χ0) is 19.0. The molecule has 0 saturated carbocycles. The largest absolute Gasteiger partial charge is 0.416 e. The van der Waals surface area contributed by atoms with Gasteiger partial charge in [0.25, 0.3) is 5.91 Å². The molecule has 10 heteroatoms. The molecule has 2 aromatic rings. The highest BCUT2D eigenvalue weighted by Gasteiger charge is 2.37. The quantitative estimate of drug-likeness (QED) is 0.589. The second-order valence-corrected chi connectivity index (χ2v) is 5.66. The van der Waals surface area contributed by atoms with E-state index in [0.29, 0.717) is 12.1 Å². The Bertz CT molecular complexity index is 764. The number of anilines is 1. The third-order valence-corrected chi connectivity index (χ3v) is 3.67. The van der Waals surface area contributed by atoms with Crippen molar-refractivity contribution in [1.29, 1.82) is 0 Å². The predicted molar refractivity (Wildman–Crippen MR) is 80.9 cm³/mol. The van der Waals surface area contributed by atoms with Crippen LogP contribution in [0.4, 0.5) is 32.0 Å². The maximum atomic E-state index is 12.8. The van der Waals surface area contributed by atoms with Gasteiger partial charge in [-0.15, -0.1) is 0 Å². The van der Waals surface area contributed by atoms with Crippen LogP contribution in [0.15, 0.2) is 36.4 Å². The molecular weight excluding hydrogens is 395 g/mol. The number of hydrogen-bond acceptors (Lipinski definition) is 1. The van der Waals surface area contributed by atoms with Gasteiger partial charge in [0.05, 0.1) is 26.7 Å². The molecule has 0 spiro atoms. The molecule has 0 bridgehead atoms. The van der Waals surface area contributed by atoms with Gasteiger partial charge in [-0.2, -0.15) is 26.3 Å². The predicted octanol–water partition coefficient (Wildman–Crippen LogP) is 6.28. The molecule has 0 saturated heterocycles. The SMILES string of the molecule is O=C(Nc1cc(C(F)(F)F)cc(C(F)(F)F)c1)c1c(Cl)cccc1Cl. The number of halogens is 8. The minimum atomic E-state index is -5.03. The van der Waals surface area contributed by atoms with Gasteiger partial charge in [-0.05, 0) is 30.3 Å². The lowest BCUT2D eigenvalue weighted by Crippen LogP contribution is -2.16. The number of carbonyl (C=O) groups excluding carboxylic acids is 1. The van der Waals surface area contributed by atoms with Gasteiger partial charge in [-0.3, -0.25) is 4.79 Å². The molecule has 0 aliphatic rings. The first-order valence-corrected chi connectivity index (χ1v) is 7.20. The minimum absolute atomic E-state index is 0.0435. The summed E-state index contributed by atoms with van der Waals surface area (Å²) in [5, 5.41) is 1.75. The van der Waals surface area contributed by atoms with Crippen LogP contribution in [0.3, 0.4) is 0 Å². The molecule has 0 aliphatic heterocycles. The first-order valence-electron chi connectivity index (χ1n) is 6.44. The van der Waals surface area contributed by atoms with Crippen molar-refractivity contribution >= 4 is 34.8 Å². The lowest BCUT2D eigenvalue weighted by atomic mass is 10.1. The van der Waals surface area contributed by atoms with E-state index in [0.717, 1.165) is 0 Å². The summed E-state index contributed by atoms with van der Waals surface area (Å²) >= 11 is 11.6. The Morgan fingerprint density at radius 2 is 1.28 bits per heavy atom. The molecule has 0 atom stereocenters. The number of carbonyl (C=O) groups is 1. The van der Waals surface area contributed by atoms with Gasteiger partial charge in [0.15, 0.2) is 0 Å². The zero-order valence-corrected chi connectivity index (χ0v) is 13.4. The van der Waals surface area contributed by atoms with E-state index < -0.39 is 35.1 Å². The third kappa shape index (κ3) is 4.58. The topological polar surface area (TPSA) is 29.1 Å². The molecule has 2 rings (SSSR count). The molecule has 134 valence electrons. The van der Waals surface area contributed by atoms with Crippen molar-refractivity contribution in [2.24, 2.45) is 0 Å². The monoisotopic (exact) mass is 401 g/mol. The van der Waals surface area contributed by atoms with Crippen LogP contribution in [0.1, 0.15) is 21.5 Å². The van der Waals surface area contributed by atoms with Crippen molar-refractivity contribution in [3.8, 4) is 0 Å². The Morgan fingerprint density at radius 1 is 0.840 bits per heavy atom. The fourth-order valence-electron chi connectivity index (χ4n) is 1.94. The highest BCUT2D eigenvalue weighted by Crippen LogP contribution is 2.37. The van der Waals surface area contributed by atoms with Crippen LogP contribution in [-0.4, -0.2) is 5.91 Å². The lowest BCUT2D eigenvalue weighted by Gasteiger charge is -2.15. The maximum Gasteiger partial charge on any atom is 0.416 e. The lowest BCUT2D eigenvalue weighted by molar-refractivity contribution is -0.143. The number of amides is 1. The fraction of sp³-hybridized carbons (Fsp3) is 0.133. The zero-order valence-electron chi connectivity index (χ0n) is 11.9. The van der Waals surface area contributed by atoms with Gasteiger partial charge in [0.1, 0.15) is 0 Å². The summed E-state index contributed by atoms with van der Waals surface area (Å²) in [5.41, 5.74) is -4.06. The van der Waals surface area contributed by atoms with Gasteiger partial charge < -0.3 is 5.32 Å². The molecule has 1 N–H and O–H groups in total. The molecular formula is C15H7Cl2F6NO. The summed E-state index contributed by atoms with van der Waals surface area (Å²) in [4.78, 5) is 12.1. The first kappa shape index (κ1) is 19.4. The van der Waals surface area contributed by atoms with Gasteiger partial charge in [0.2, 0.25) is 0 Å². The molecule has 2 nitrogen and oxygen atoms in total. The van der Waals surface area contributed by atoms with Crippen molar-refractivity contribution in [1.82, 2.24) is 0 Å². The van der Waals surface area contributed by atoms with Gasteiger partial charge in [0, 0.05) is 5.69 Å². The summed E-state index contributed by atoms with van der Waals surface area (Å²) in [6.45, 7) is 0. The third-order valence-electron chi connectivity index (χ3n) is 3.04. The molecule has 25 heavy (non-hydrogen) atoms. The summed E-state index contributed by atoms with van der Waals surface area (Å²) < 4.78 is 76.8. The van der Waals surface area contributed by atoms with E-state index in [9.17, 15) is 31.1 Å². The number of rotatable bonds is 2. The van der Waals surface area contributed by atoms with E-state index in [-0.39, 0.29) is 21.7 Å². The number of benzene rings is 2. The highest BCUT2D eigenvalue weighted by molar-refractivity contribution is 6.40. The number of nitrogens with one attached hydrogen (secondary N) is 1. The first-order chi connectivity index (χ1) is 11.4. The molecule has 0 aromatic heterocycles. The molecule has 0 aliphatic carbocycles. The second kappa shape index (κ2) is 6.76. The minimum Gasteiger partial charge on any atom is -0.322 e. The smallest absolute Gasteiger partial charge is 0.322 e. The maximum absolute atomic E-state index is 12.8. The average molecular weight is 402 g/mol. The van der Waals surface area contributed by atoms with Crippen molar-refractivity contribution < 1.29 is 31.1 Å². The van der Waals surface area contributed by atoms with E-state index >= 15 is 0 Å². The van der Waals surface area contributed by atoms with E-state index in [1.807, 2.05) is 5.32 Å². The van der Waals surface area contributed by atoms with Crippen LogP contribution >= 0.6 is 23.2 Å². The molecule has 0 unspecified atom stereocenters. The Morgan fingerprint density at radius 3 is 1.68 bits per heavy atom. The normalized spacial score (nSPS) is 12.2. The number of alkyl halides is 6. The fourth-order valence-corrected chi connectivity index (χ4v) is 2.50. The van der Waals surface area contributed by atoms with E-state index in [2.05, 4.69) is 0 Å². The van der Waals surface area contributed by atoms with Crippen LogP contribution in [0.5, 0.6) is 0 Å². The highest BCUT2D eigenvalue weighted by atomic mass is 35.5. The van der Waals surface area contributed by atoms with Gasteiger partial charge >= 0.3 is 12.4 Å². The van der Waals surface area contributed by atoms with Crippen molar-refractivity contribution in [2.45, 2.75) is 12.4 Å². The van der Waals surface area contributed by atoms with Crippen LogP contribution in [0, 0.1) is 0 Å². The molecule has 0 heterocycles. The van der Waals surface area contributed by atoms with Crippen LogP contribution in [-0.2, 0) is 12.4 Å².